The fourth-order valence-electron chi connectivity index (χ4n) is 5.00. The predicted molar refractivity (Wildman–Crippen MR) is 152 cm³/mol. The van der Waals surface area contributed by atoms with Gasteiger partial charge >= 0.3 is 6.16 Å². The molecule has 2 atom stereocenters. The molecule has 0 saturated carbocycles. The number of nitrogens with one attached hydrogen (secondary N) is 1. The van der Waals surface area contributed by atoms with Crippen molar-refractivity contribution in [3.8, 4) is 5.75 Å². The fraction of sp³-hybridized carbons (Fsp3) is 0.355. The molecule has 1 aromatic heterocycles. The monoisotopic (exact) mass is 627 g/mol. The van der Waals surface area contributed by atoms with Gasteiger partial charge in [0.1, 0.15) is 23.8 Å². The molecule has 12 nitrogen and oxygen atoms in total. The number of fused-ring (bicyclic) bond motifs is 2. The molecule has 1 N–H and O–H groups in total. The third-order valence-electron chi connectivity index (χ3n) is 7.30. The number of carbonyl (C=O) groups is 3. The van der Waals surface area contributed by atoms with Crippen molar-refractivity contribution in [2.75, 3.05) is 26.6 Å². The third-order valence-corrected chi connectivity index (χ3v) is 7.30. The first kappa shape index (κ1) is 31.6. The molecule has 0 radical (unpaired) electrons. The van der Waals surface area contributed by atoms with Crippen molar-refractivity contribution >= 4 is 18.0 Å². The number of nitrogens with zero attached hydrogens (tertiary/aromatic N) is 2. The SMILES string of the molecule is C[C@@H]1CCO[C@H]2Cn3cc(C(=O)NCc4ccc(F)cc4F)c(=O)c(OCOC(=O)OCCOCc4ccccc4)c3C(=O)N12. The molecule has 1 saturated heterocycles. The first-order chi connectivity index (χ1) is 21.7. The molecule has 3 aromatic rings. The Hall–Kier alpha value is -4.82. The molecule has 0 spiro atoms. The quantitative estimate of drug-likeness (QED) is 0.193. The molecule has 14 heteroatoms. The first-order valence-corrected chi connectivity index (χ1v) is 14.2. The van der Waals surface area contributed by atoms with Crippen LogP contribution in [0.25, 0.3) is 0 Å². The summed E-state index contributed by atoms with van der Waals surface area (Å²) in [4.78, 5) is 53.8. The smallest absolute Gasteiger partial charge is 0.451 e. The van der Waals surface area contributed by atoms with Crippen LogP contribution in [0.15, 0.2) is 59.5 Å². The van der Waals surface area contributed by atoms with Gasteiger partial charge in [-0.1, -0.05) is 36.4 Å². The van der Waals surface area contributed by atoms with Crippen molar-refractivity contribution in [1.29, 1.82) is 0 Å². The normalized spacial score (nSPS) is 17.2. The number of hydrogen-bond donors (Lipinski definition) is 1. The molecule has 2 aromatic carbocycles. The number of rotatable bonds is 11. The summed E-state index contributed by atoms with van der Waals surface area (Å²) in [6.45, 7) is 1.52. The van der Waals surface area contributed by atoms with Crippen LogP contribution in [0.2, 0.25) is 0 Å². The second-order valence-corrected chi connectivity index (χ2v) is 10.3. The van der Waals surface area contributed by atoms with E-state index in [1.165, 1.54) is 21.7 Å². The van der Waals surface area contributed by atoms with E-state index in [1.54, 1.807) is 0 Å². The Morgan fingerprint density at radius 3 is 2.64 bits per heavy atom. The van der Waals surface area contributed by atoms with Crippen molar-refractivity contribution in [3.05, 3.63) is 99.0 Å². The Morgan fingerprint density at radius 2 is 1.87 bits per heavy atom. The van der Waals surface area contributed by atoms with Crippen molar-refractivity contribution in [1.82, 2.24) is 14.8 Å². The maximum Gasteiger partial charge on any atom is 0.511 e. The van der Waals surface area contributed by atoms with E-state index < -0.39 is 59.4 Å². The van der Waals surface area contributed by atoms with Gasteiger partial charge in [0.2, 0.25) is 18.0 Å². The zero-order chi connectivity index (χ0) is 31.9. The molecule has 0 bridgehead atoms. The molecule has 45 heavy (non-hydrogen) atoms. The third kappa shape index (κ3) is 7.46. The average Bonchev–Trinajstić information content (AvgIpc) is 3.02. The summed E-state index contributed by atoms with van der Waals surface area (Å²) in [6, 6.07) is 12.1. The van der Waals surface area contributed by atoms with Gasteiger partial charge in [0.05, 0.1) is 26.4 Å². The maximum atomic E-state index is 14.1. The number of carbonyl (C=O) groups excluding carboxylic acids is 3. The van der Waals surface area contributed by atoms with Crippen molar-refractivity contribution in [2.24, 2.45) is 0 Å². The number of ether oxygens (including phenoxy) is 5. The minimum absolute atomic E-state index is 0.00734. The van der Waals surface area contributed by atoms with Gasteiger partial charge in [0.15, 0.2) is 11.9 Å². The highest BCUT2D eigenvalue weighted by atomic mass is 19.1. The Labute approximate surface area is 256 Å². The molecule has 2 aliphatic rings. The summed E-state index contributed by atoms with van der Waals surface area (Å²) in [6.07, 6.45) is 0.0202. The van der Waals surface area contributed by atoms with E-state index in [0.717, 1.165) is 11.6 Å². The predicted octanol–water partition coefficient (Wildman–Crippen LogP) is 3.35. The van der Waals surface area contributed by atoms with Crippen molar-refractivity contribution in [2.45, 2.75) is 45.3 Å². The summed E-state index contributed by atoms with van der Waals surface area (Å²) >= 11 is 0. The molecular formula is C31H31F2N3O9. The molecule has 5 rings (SSSR count). The van der Waals surface area contributed by atoms with E-state index in [4.69, 9.17) is 23.7 Å². The van der Waals surface area contributed by atoms with E-state index >= 15 is 0 Å². The number of hydrogen-bond acceptors (Lipinski definition) is 9. The highest BCUT2D eigenvalue weighted by Gasteiger charge is 2.41. The second kappa shape index (κ2) is 14.3. The highest BCUT2D eigenvalue weighted by Crippen LogP contribution is 2.30. The number of benzene rings is 2. The number of pyridine rings is 1. The molecule has 3 heterocycles. The Bertz CT molecular complexity index is 1620. The standard InChI is InChI=1S/C31H31F2N3O9/c1-19-9-10-42-25-16-35-15-23(29(38)34-14-21-7-8-22(32)13-24(21)33)27(37)28(26(35)30(39)36(19)25)44-18-45-31(40)43-12-11-41-17-20-5-3-2-4-6-20/h2-8,13,15,19,25H,9-12,14,16-18H2,1H3,(H,34,38)/t19-,25+/m1/s1. The molecule has 2 amide bonds. The summed E-state index contributed by atoms with van der Waals surface area (Å²) < 4.78 is 55.4. The van der Waals surface area contributed by atoms with Crippen LogP contribution in [0, 0.1) is 11.6 Å². The zero-order valence-electron chi connectivity index (χ0n) is 24.3. The van der Waals surface area contributed by atoms with E-state index in [-0.39, 0.29) is 43.6 Å². The summed E-state index contributed by atoms with van der Waals surface area (Å²) in [5.74, 6) is -3.63. The largest absolute Gasteiger partial charge is 0.511 e. The van der Waals surface area contributed by atoms with E-state index in [0.29, 0.717) is 25.7 Å². The van der Waals surface area contributed by atoms with Gasteiger partial charge in [-0.3, -0.25) is 14.4 Å². The number of amides is 2. The highest BCUT2D eigenvalue weighted by molar-refractivity contribution is 5.99. The van der Waals surface area contributed by atoms with Gasteiger partial charge in [-0.15, -0.1) is 0 Å². The molecule has 2 aliphatic heterocycles. The van der Waals surface area contributed by atoms with Crippen LogP contribution in [0.3, 0.4) is 0 Å². The molecule has 0 aliphatic carbocycles. The van der Waals surface area contributed by atoms with Gasteiger partial charge < -0.3 is 38.5 Å². The zero-order valence-corrected chi connectivity index (χ0v) is 24.3. The lowest BCUT2D eigenvalue weighted by molar-refractivity contribution is -0.112. The van der Waals surface area contributed by atoms with Gasteiger partial charge in [-0.25, -0.2) is 13.6 Å². The second-order valence-electron chi connectivity index (χ2n) is 10.3. The first-order valence-electron chi connectivity index (χ1n) is 14.2. The van der Waals surface area contributed by atoms with Gasteiger partial charge in [0.25, 0.3) is 11.8 Å². The van der Waals surface area contributed by atoms with Crippen LogP contribution in [-0.2, 0) is 38.6 Å². The van der Waals surface area contributed by atoms with Crippen LogP contribution in [0.1, 0.15) is 45.3 Å². The molecular weight excluding hydrogens is 596 g/mol. The Morgan fingerprint density at radius 1 is 1.07 bits per heavy atom. The van der Waals surface area contributed by atoms with Crippen LogP contribution >= 0.6 is 0 Å². The molecule has 1 fully saturated rings. The van der Waals surface area contributed by atoms with E-state index in [1.807, 2.05) is 37.3 Å². The van der Waals surface area contributed by atoms with Crippen LogP contribution in [0.4, 0.5) is 13.6 Å². The lowest BCUT2D eigenvalue weighted by Gasteiger charge is -2.44. The summed E-state index contributed by atoms with van der Waals surface area (Å²) in [5, 5.41) is 2.43. The average molecular weight is 628 g/mol. The topological polar surface area (TPSA) is 135 Å². The van der Waals surface area contributed by atoms with Gasteiger partial charge in [-0.05, 0) is 25.0 Å². The van der Waals surface area contributed by atoms with Crippen LogP contribution < -0.4 is 15.5 Å². The lowest BCUT2D eigenvalue weighted by atomic mass is 10.1. The molecule has 0 unspecified atom stereocenters. The fourth-order valence-corrected chi connectivity index (χ4v) is 5.00. The van der Waals surface area contributed by atoms with E-state index in [9.17, 15) is 28.0 Å². The Balaban J connectivity index is 1.27. The number of halogens is 2. The minimum Gasteiger partial charge on any atom is -0.451 e. The maximum absolute atomic E-state index is 14.1. The van der Waals surface area contributed by atoms with E-state index in [2.05, 4.69) is 5.32 Å². The van der Waals surface area contributed by atoms with Crippen molar-refractivity contribution < 1.29 is 46.8 Å². The van der Waals surface area contributed by atoms with Crippen LogP contribution in [-0.4, -0.2) is 66.3 Å². The Kier molecular flexibility index (Phi) is 10.0. The lowest BCUT2D eigenvalue weighted by Crippen LogP contribution is -2.57. The summed E-state index contributed by atoms with van der Waals surface area (Å²) in [5.41, 5.74) is -0.581. The van der Waals surface area contributed by atoms with Gasteiger partial charge in [0, 0.05) is 30.4 Å². The van der Waals surface area contributed by atoms with Crippen molar-refractivity contribution in [3.63, 3.8) is 0 Å². The van der Waals surface area contributed by atoms with Gasteiger partial charge in [-0.2, -0.15) is 0 Å². The summed E-state index contributed by atoms with van der Waals surface area (Å²) in [7, 11) is 0. The van der Waals surface area contributed by atoms with Crippen LogP contribution in [0.5, 0.6) is 5.75 Å². The number of aromatic nitrogens is 1. The molecule has 238 valence electrons. The minimum atomic E-state index is -1.10.